The second-order valence-corrected chi connectivity index (χ2v) is 4.64. The zero-order valence-electron chi connectivity index (χ0n) is 15.1. The highest BCUT2D eigenvalue weighted by Gasteiger charge is 2.20. The second-order valence-electron chi connectivity index (χ2n) is 4.64. The van der Waals surface area contributed by atoms with Gasteiger partial charge in [-0.3, -0.25) is 4.79 Å². The molecule has 0 heterocycles. The molecule has 0 aliphatic rings. The number of methoxy groups -OCH3 is 3. The highest BCUT2D eigenvalue weighted by Crippen LogP contribution is 2.39. The molecule has 0 spiro atoms. The molecule has 1 rings (SSSR count). The maximum Gasteiger partial charge on any atom is 0.353 e. The quantitative estimate of drug-likeness (QED) is 0.497. The fraction of sp³-hybridized carbons (Fsp3) is 0.471. The van der Waals surface area contributed by atoms with Gasteiger partial charge in [0.1, 0.15) is 17.1 Å². The lowest BCUT2D eigenvalue weighted by Gasteiger charge is -2.13. The maximum absolute atomic E-state index is 12.1. The summed E-state index contributed by atoms with van der Waals surface area (Å²) >= 11 is 0. The van der Waals surface area contributed by atoms with E-state index in [9.17, 15) is 9.59 Å². The molecule has 8 heteroatoms. The van der Waals surface area contributed by atoms with E-state index in [4.69, 9.17) is 23.7 Å². The first-order valence-electron chi connectivity index (χ1n) is 7.70. The number of rotatable bonds is 9. The van der Waals surface area contributed by atoms with Crippen LogP contribution in [0.2, 0.25) is 0 Å². The number of hydrogen-bond acceptors (Lipinski definition) is 8. The minimum atomic E-state index is -0.701. The van der Waals surface area contributed by atoms with Crippen LogP contribution >= 0.6 is 0 Å². The minimum absolute atomic E-state index is 0.0918. The van der Waals surface area contributed by atoms with E-state index >= 15 is 0 Å². The van der Waals surface area contributed by atoms with Gasteiger partial charge in [0.2, 0.25) is 0 Å². The lowest BCUT2D eigenvalue weighted by molar-refractivity contribution is -0.143. The number of aliphatic imine (C=N–C) groups is 1. The van der Waals surface area contributed by atoms with Crippen LogP contribution in [-0.4, -0.2) is 52.2 Å². The molecule has 25 heavy (non-hydrogen) atoms. The zero-order valence-corrected chi connectivity index (χ0v) is 15.1. The SMILES string of the molecule is CCOC(=O)CC(=Nc1cc(OC)c(OC)cc1OC)C(=O)OCC. The highest BCUT2D eigenvalue weighted by atomic mass is 16.5. The van der Waals surface area contributed by atoms with Crippen LogP contribution < -0.4 is 14.2 Å². The molecule has 0 radical (unpaired) electrons. The van der Waals surface area contributed by atoms with Gasteiger partial charge in [-0.1, -0.05) is 0 Å². The monoisotopic (exact) mass is 353 g/mol. The molecule has 0 bridgehead atoms. The van der Waals surface area contributed by atoms with Gasteiger partial charge < -0.3 is 23.7 Å². The smallest absolute Gasteiger partial charge is 0.353 e. The normalized spacial score (nSPS) is 10.8. The fourth-order valence-electron chi connectivity index (χ4n) is 1.97. The third-order valence-corrected chi connectivity index (χ3v) is 3.07. The van der Waals surface area contributed by atoms with Crippen molar-refractivity contribution in [2.75, 3.05) is 34.5 Å². The number of hydrogen-bond donors (Lipinski definition) is 0. The van der Waals surface area contributed by atoms with E-state index in [2.05, 4.69) is 4.99 Å². The Morgan fingerprint density at radius 1 is 0.880 bits per heavy atom. The van der Waals surface area contributed by atoms with Gasteiger partial charge in [-0.15, -0.1) is 0 Å². The predicted octanol–water partition coefficient (Wildman–Crippen LogP) is 2.30. The van der Waals surface area contributed by atoms with Crippen molar-refractivity contribution in [2.45, 2.75) is 20.3 Å². The van der Waals surface area contributed by atoms with Crippen LogP contribution in [0.25, 0.3) is 0 Å². The number of carbonyl (C=O) groups excluding carboxylic acids is 2. The molecule has 1 aromatic rings. The molecule has 0 aromatic heterocycles. The molecule has 0 amide bonds. The molecule has 0 saturated carbocycles. The summed E-state index contributed by atoms with van der Waals surface area (Å²) in [5, 5.41) is 0. The van der Waals surface area contributed by atoms with Crippen LogP contribution in [0, 0.1) is 0 Å². The minimum Gasteiger partial charge on any atom is -0.494 e. The van der Waals surface area contributed by atoms with E-state index in [1.54, 1.807) is 26.0 Å². The van der Waals surface area contributed by atoms with Gasteiger partial charge in [-0.25, -0.2) is 9.79 Å². The van der Waals surface area contributed by atoms with Crippen LogP contribution in [0.3, 0.4) is 0 Å². The van der Waals surface area contributed by atoms with E-state index in [0.717, 1.165) is 0 Å². The summed E-state index contributed by atoms with van der Waals surface area (Å²) in [6, 6.07) is 3.12. The Morgan fingerprint density at radius 3 is 1.96 bits per heavy atom. The summed E-state index contributed by atoms with van der Waals surface area (Å²) in [7, 11) is 4.42. The summed E-state index contributed by atoms with van der Waals surface area (Å²) in [5.41, 5.74) is 0.207. The average molecular weight is 353 g/mol. The summed E-state index contributed by atoms with van der Waals surface area (Å²) in [5.74, 6) is -0.0767. The third kappa shape index (κ3) is 5.66. The first kappa shape index (κ1) is 20.3. The van der Waals surface area contributed by atoms with Crippen molar-refractivity contribution in [2.24, 2.45) is 4.99 Å². The summed E-state index contributed by atoms with van der Waals surface area (Å²) in [4.78, 5) is 28.1. The topological polar surface area (TPSA) is 92.7 Å². The maximum atomic E-state index is 12.1. The van der Waals surface area contributed by atoms with Crippen molar-refractivity contribution in [1.29, 1.82) is 0 Å². The second kappa shape index (κ2) is 10.2. The number of carbonyl (C=O) groups is 2. The Bertz CT molecular complexity index is 640. The van der Waals surface area contributed by atoms with Gasteiger partial charge in [-0.2, -0.15) is 0 Å². The summed E-state index contributed by atoms with van der Waals surface area (Å²) in [6.45, 7) is 3.70. The van der Waals surface area contributed by atoms with E-state index in [0.29, 0.717) is 22.9 Å². The first-order valence-corrected chi connectivity index (χ1v) is 7.70. The Morgan fingerprint density at radius 2 is 1.44 bits per heavy atom. The molecule has 0 saturated heterocycles. The molecule has 0 unspecified atom stereocenters. The van der Waals surface area contributed by atoms with Gasteiger partial charge in [0.15, 0.2) is 11.5 Å². The molecule has 0 aliphatic heterocycles. The molecule has 0 N–H and O–H groups in total. The number of esters is 2. The standard InChI is InChI=1S/C17H23NO7/c1-6-24-16(19)9-12(17(20)25-7-2)18-11-8-14(22-4)15(23-5)10-13(11)21-3/h8,10H,6-7,9H2,1-5H3. The van der Waals surface area contributed by atoms with Crippen LogP contribution in [0.15, 0.2) is 17.1 Å². The van der Waals surface area contributed by atoms with Crippen molar-refractivity contribution < 1.29 is 33.3 Å². The highest BCUT2D eigenvalue weighted by molar-refractivity contribution is 6.40. The predicted molar refractivity (Wildman–Crippen MR) is 91.1 cm³/mol. The lowest BCUT2D eigenvalue weighted by Crippen LogP contribution is -2.22. The Balaban J connectivity index is 3.34. The fourth-order valence-corrected chi connectivity index (χ4v) is 1.97. The Hall–Kier alpha value is -2.77. The largest absolute Gasteiger partial charge is 0.494 e. The van der Waals surface area contributed by atoms with E-state index in [1.807, 2.05) is 0 Å². The van der Waals surface area contributed by atoms with Gasteiger partial charge in [0.05, 0.1) is 41.0 Å². The van der Waals surface area contributed by atoms with Gasteiger partial charge in [-0.05, 0) is 13.8 Å². The first-order chi connectivity index (χ1) is 12.0. The Kier molecular flexibility index (Phi) is 8.25. The van der Waals surface area contributed by atoms with Crippen LogP contribution in [0.1, 0.15) is 20.3 Å². The van der Waals surface area contributed by atoms with Gasteiger partial charge in [0.25, 0.3) is 0 Å². The lowest BCUT2D eigenvalue weighted by atomic mass is 10.2. The summed E-state index contributed by atoms with van der Waals surface area (Å²) in [6.07, 6.45) is -0.315. The number of nitrogens with zero attached hydrogens (tertiary/aromatic N) is 1. The van der Waals surface area contributed by atoms with E-state index < -0.39 is 11.9 Å². The van der Waals surface area contributed by atoms with Gasteiger partial charge >= 0.3 is 11.9 Å². The Labute approximate surface area is 146 Å². The zero-order chi connectivity index (χ0) is 18.8. The van der Waals surface area contributed by atoms with Gasteiger partial charge in [0, 0.05) is 12.1 Å². The van der Waals surface area contributed by atoms with Crippen LogP contribution in [0.5, 0.6) is 17.2 Å². The molecule has 0 atom stereocenters. The van der Waals surface area contributed by atoms with Crippen LogP contribution in [0.4, 0.5) is 5.69 Å². The van der Waals surface area contributed by atoms with Crippen molar-refractivity contribution in [3.63, 3.8) is 0 Å². The van der Waals surface area contributed by atoms with Crippen molar-refractivity contribution in [3.8, 4) is 17.2 Å². The molecular formula is C17H23NO7. The molecule has 1 aromatic carbocycles. The molecule has 8 nitrogen and oxygen atoms in total. The molecule has 0 aliphatic carbocycles. The van der Waals surface area contributed by atoms with Crippen molar-refractivity contribution in [1.82, 2.24) is 0 Å². The van der Waals surface area contributed by atoms with E-state index in [-0.39, 0.29) is 25.3 Å². The average Bonchev–Trinajstić information content (AvgIpc) is 2.60. The summed E-state index contributed by atoms with van der Waals surface area (Å²) < 4.78 is 25.5. The van der Waals surface area contributed by atoms with Crippen LogP contribution in [-0.2, 0) is 19.1 Å². The molecule has 0 fully saturated rings. The van der Waals surface area contributed by atoms with Crippen molar-refractivity contribution >= 4 is 23.3 Å². The molecule has 138 valence electrons. The van der Waals surface area contributed by atoms with E-state index in [1.165, 1.54) is 21.3 Å². The number of benzene rings is 1. The molecular weight excluding hydrogens is 330 g/mol. The third-order valence-electron chi connectivity index (χ3n) is 3.07. The van der Waals surface area contributed by atoms with Crippen molar-refractivity contribution in [3.05, 3.63) is 12.1 Å². The number of ether oxygens (including phenoxy) is 5.